The van der Waals surface area contributed by atoms with Gasteiger partial charge in [0.2, 0.25) is 0 Å². The number of aryl methyl sites for hydroxylation is 1. The number of H-pyrrole nitrogens is 1. The Bertz CT molecular complexity index is 1760. The van der Waals surface area contributed by atoms with Crippen LogP contribution >= 0.6 is 0 Å². The van der Waals surface area contributed by atoms with E-state index < -0.39 is 17.1 Å². The van der Waals surface area contributed by atoms with Crippen LogP contribution in [0.15, 0.2) is 95.9 Å². The van der Waals surface area contributed by atoms with Crippen LogP contribution in [0.2, 0.25) is 0 Å². The Morgan fingerprint density at radius 1 is 1.02 bits per heavy atom. The molecule has 9 nitrogen and oxygen atoms in total. The monoisotopic (exact) mass is 563 g/mol. The number of carbonyl (C=O) groups is 1. The van der Waals surface area contributed by atoms with Crippen LogP contribution in [-0.2, 0) is 6.42 Å². The van der Waals surface area contributed by atoms with Gasteiger partial charge in [-0.1, -0.05) is 54.6 Å². The first-order valence-electron chi connectivity index (χ1n) is 13.5. The quantitative estimate of drug-likeness (QED) is 0.208. The summed E-state index contributed by atoms with van der Waals surface area (Å²) >= 11 is 0. The number of aromatic nitrogens is 3. The van der Waals surface area contributed by atoms with Crippen molar-refractivity contribution in [1.82, 2.24) is 20.1 Å². The first kappa shape index (κ1) is 28.4. The Hall–Kier alpha value is -5.15. The third kappa shape index (κ3) is 6.11. The lowest BCUT2D eigenvalue weighted by atomic mass is 9.94. The number of nitrogen functional groups attached to an aromatic ring is 1. The van der Waals surface area contributed by atoms with Crippen molar-refractivity contribution in [2.45, 2.75) is 25.9 Å². The summed E-state index contributed by atoms with van der Waals surface area (Å²) in [5, 5.41) is 16.7. The zero-order chi connectivity index (χ0) is 29.9. The second-order valence-corrected chi connectivity index (χ2v) is 10.5. The molecule has 214 valence electrons. The second-order valence-electron chi connectivity index (χ2n) is 10.5. The van der Waals surface area contributed by atoms with Crippen LogP contribution in [0.1, 0.15) is 28.5 Å². The van der Waals surface area contributed by atoms with Crippen LogP contribution in [0.4, 0.5) is 5.82 Å². The SMILES string of the molecule is COc1ccc(-c2cnc(N)c(-c3ccc(CC(C)(O)CNC(=O)c4c(C)[nH]n(-c5ccccc5)c4=O)cc3)c2)cc1. The number of nitrogens with two attached hydrogens (primary N) is 1. The van der Waals surface area contributed by atoms with Crippen LogP contribution in [0.5, 0.6) is 5.75 Å². The third-order valence-electron chi connectivity index (χ3n) is 7.13. The fraction of sp³-hybridized carbons (Fsp3) is 0.182. The van der Waals surface area contributed by atoms with E-state index in [2.05, 4.69) is 15.4 Å². The van der Waals surface area contributed by atoms with Crippen LogP contribution in [0.3, 0.4) is 0 Å². The molecular formula is C33H33N5O4. The molecule has 2 heterocycles. The van der Waals surface area contributed by atoms with Gasteiger partial charge in [-0.15, -0.1) is 0 Å². The summed E-state index contributed by atoms with van der Waals surface area (Å²) in [4.78, 5) is 30.3. The number of benzene rings is 3. The highest BCUT2D eigenvalue weighted by Gasteiger charge is 2.25. The van der Waals surface area contributed by atoms with E-state index in [9.17, 15) is 14.7 Å². The Balaban J connectivity index is 1.26. The number of nitrogens with one attached hydrogen (secondary N) is 2. The Kier molecular flexibility index (Phi) is 7.95. The van der Waals surface area contributed by atoms with Gasteiger partial charge in [-0.25, -0.2) is 9.67 Å². The van der Waals surface area contributed by atoms with E-state index in [-0.39, 0.29) is 18.5 Å². The lowest BCUT2D eigenvalue weighted by Crippen LogP contribution is -2.43. The average molecular weight is 564 g/mol. The van der Waals surface area contributed by atoms with Crippen molar-refractivity contribution in [3.8, 4) is 33.7 Å². The second kappa shape index (κ2) is 11.8. The minimum absolute atomic E-state index is 0.0158. The van der Waals surface area contributed by atoms with Gasteiger partial charge in [0.05, 0.1) is 18.4 Å². The van der Waals surface area contributed by atoms with Crippen LogP contribution < -0.4 is 21.3 Å². The van der Waals surface area contributed by atoms with Crippen molar-refractivity contribution in [3.63, 3.8) is 0 Å². The van der Waals surface area contributed by atoms with E-state index in [1.165, 1.54) is 4.68 Å². The van der Waals surface area contributed by atoms with Crippen molar-refractivity contribution in [3.05, 3.63) is 118 Å². The molecule has 0 spiro atoms. The summed E-state index contributed by atoms with van der Waals surface area (Å²) in [5.41, 5.74) is 10.1. The number of hydrogen-bond acceptors (Lipinski definition) is 6. The Labute approximate surface area is 243 Å². The zero-order valence-corrected chi connectivity index (χ0v) is 23.7. The van der Waals surface area contributed by atoms with Crippen molar-refractivity contribution in [1.29, 1.82) is 0 Å². The van der Waals surface area contributed by atoms with E-state index in [0.29, 0.717) is 17.2 Å². The van der Waals surface area contributed by atoms with Gasteiger partial charge in [0, 0.05) is 36.0 Å². The fourth-order valence-electron chi connectivity index (χ4n) is 4.88. The molecule has 9 heteroatoms. The summed E-state index contributed by atoms with van der Waals surface area (Å²) < 4.78 is 6.58. The molecule has 5 rings (SSSR count). The molecule has 5 aromatic rings. The topological polar surface area (TPSA) is 135 Å². The lowest BCUT2D eigenvalue weighted by molar-refractivity contribution is 0.0552. The number of hydrogen-bond donors (Lipinski definition) is 4. The first-order valence-corrected chi connectivity index (χ1v) is 13.5. The minimum Gasteiger partial charge on any atom is -0.497 e. The zero-order valence-electron chi connectivity index (χ0n) is 23.7. The molecule has 2 aromatic heterocycles. The van der Waals surface area contributed by atoms with Gasteiger partial charge < -0.3 is 20.9 Å². The summed E-state index contributed by atoms with van der Waals surface area (Å²) in [6.07, 6.45) is 2.03. The molecule has 3 aromatic carbocycles. The maximum Gasteiger partial charge on any atom is 0.284 e. The number of methoxy groups -OCH3 is 1. The van der Waals surface area contributed by atoms with E-state index in [1.807, 2.05) is 72.8 Å². The molecule has 1 unspecified atom stereocenters. The highest BCUT2D eigenvalue weighted by molar-refractivity contribution is 5.95. The fourth-order valence-corrected chi connectivity index (χ4v) is 4.88. The van der Waals surface area contributed by atoms with Crippen molar-refractivity contribution < 1.29 is 14.6 Å². The molecule has 0 bridgehead atoms. The highest BCUT2D eigenvalue weighted by atomic mass is 16.5. The predicted molar refractivity (Wildman–Crippen MR) is 164 cm³/mol. The van der Waals surface area contributed by atoms with Gasteiger partial charge in [-0.2, -0.15) is 0 Å². The van der Waals surface area contributed by atoms with Gasteiger partial charge in [-0.05, 0) is 60.9 Å². The molecule has 0 fully saturated rings. The van der Waals surface area contributed by atoms with Crippen molar-refractivity contribution >= 4 is 11.7 Å². The number of anilines is 1. The van der Waals surface area contributed by atoms with Gasteiger partial charge in [-0.3, -0.25) is 14.7 Å². The van der Waals surface area contributed by atoms with Crippen molar-refractivity contribution in [2.24, 2.45) is 0 Å². The van der Waals surface area contributed by atoms with E-state index in [1.54, 1.807) is 39.3 Å². The van der Waals surface area contributed by atoms with Crippen molar-refractivity contribution in [2.75, 3.05) is 19.4 Å². The molecule has 1 amide bonds. The number of amides is 1. The number of para-hydroxylation sites is 1. The van der Waals surface area contributed by atoms with Gasteiger partial charge >= 0.3 is 0 Å². The smallest absolute Gasteiger partial charge is 0.284 e. The van der Waals surface area contributed by atoms with E-state index in [4.69, 9.17) is 10.5 Å². The predicted octanol–water partition coefficient (Wildman–Crippen LogP) is 4.52. The normalized spacial score (nSPS) is 12.5. The average Bonchev–Trinajstić information content (AvgIpc) is 3.30. The maximum absolute atomic E-state index is 12.9. The number of carbonyl (C=O) groups excluding carboxylic acids is 1. The molecule has 0 radical (unpaired) electrons. The Morgan fingerprint density at radius 3 is 2.36 bits per heavy atom. The van der Waals surface area contributed by atoms with Crippen LogP contribution in [0.25, 0.3) is 27.9 Å². The maximum atomic E-state index is 12.9. The first-order chi connectivity index (χ1) is 20.1. The number of rotatable bonds is 9. The number of aliphatic hydroxyl groups is 1. The molecule has 5 N–H and O–H groups in total. The lowest BCUT2D eigenvalue weighted by Gasteiger charge is -2.24. The molecule has 0 aliphatic rings. The number of nitrogens with zero attached hydrogens (tertiary/aromatic N) is 2. The molecule has 0 aliphatic carbocycles. The summed E-state index contributed by atoms with van der Waals surface area (Å²) in [5.74, 6) is 0.652. The van der Waals surface area contributed by atoms with Crippen LogP contribution in [-0.4, -0.2) is 45.0 Å². The largest absolute Gasteiger partial charge is 0.497 e. The number of aromatic amines is 1. The highest BCUT2D eigenvalue weighted by Crippen LogP contribution is 2.31. The Morgan fingerprint density at radius 2 is 1.69 bits per heavy atom. The molecule has 0 aliphatic heterocycles. The standard InChI is InChI=1S/C33H33N5O4/c1-21-29(32(40)38(37-21)26-7-5-4-6-8-26)31(39)36-20-33(2,41)18-22-9-11-24(12-10-22)28-17-25(19-35-30(28)34)23-13-15-27(42-3)16-14-23/h4-17,19,37,41H,18,20H2,1-3H3,(H2,34,35)(H,36,39). The molecule has 42 heavy (non-hydrogen) atoms. The van der Waals surface area contributed by atoms with Crippen LogP contribution in [0, 0.1) is 6.92 Å². The van der Waals surface area contributed by atoms with Gasteiger partial charge in [0.1, 0.15) is 17.1 Å². The summed E-state index contributed by atoms with van der Waals surface area (Å²) in [6, 6.07) is 26.5. The minimum atomic E-state index is -1.26. The molecule has 0 saturated carbocycles. The third-order valence-corrected chi connectivity index (χ3v) is 7.13. The molecular weight excluding hydrogens is 530 g/mol. The number of ether oxygens (including phenoxy) is 1. The number of pyridine rings is 1. The molecule has 0 saturated heterocycles. The van der Waals surface area contributed by atoms with Gasteiger partial charge in [0.25, 0.3) is 11.5 Å². The van der Waals surface area contributed by atoms with E-state index in [0.717, 1.165) is 33.6 Å². The van der Waals surface area contributed by atoms with Gasteiger partial charge in [0.15, 0.2) is 0 Å². The van der Waals surface area contributed by atoms with E-state index >= 15 is 0 Å². The summed E-state index contributed by atoms with van der Waals surface area (Å²) in [6.45, 7) is 3.28. The summed E-state index contributed by atoms with van der Waals surface area (Å²) in [7, 11) is 1.63. The molecule has 1 atom stereocenters.